The molecule has 3 aromatic rings. The van der Waals surface area contributed by atoms with E-state index in [2.05, 4.69) is 10.1 Å². The standard InChI is InChI=1S/C20H15Cl2N3O3/c21-14-4-6-15(7-5-14)28-16-8-9-17(18(22)11-16)20(27)19(3-1-2-10-26)25-13-23-12-24-25/h1-2,4-13,19H,3H2. The predicted octanol–water partition coefficient (Wildman–Crippen LogP) is 4.95. The van der Waals surface area contributed by atoms with Gasteiger partial charge in [-0.2, -0.15) is 5.10 Å². The van der Waals surface area contributed by atoms with Crippen molar-refractivity contribution in [3.8, 4) is 11.5 Å². The Morgan fingerprint density at radius 1 is 1.14 bits per heavy atom. The molecule has 8 heteroatoms. The third-order valence-corrected chi connectivity index (χ3v) is 4.45. The number of hydrogen-bond acceptors (Lipinski definition) is 5. The molecule has 1 atom stereocenters. The first-order valence-electron chi connectivity index (χ1n) is 8.30. The van der Waals surface area contributed by atoms with Crippen LogP contribution in [0.2, 0.25) is 10.0 Å². The molecule has 1 aromatic heterocycles. The topological polar surface area (TPSA) is 74.1 Å². The fraction of sp³-hybridized carbons (Fsp3) is 0.100. The molecule has 142 valence electrons. The van der Waals surface area contributed by atoms with Gasteiger partial charge in [0.1, 0.15) is 36.5 Å². The monoisotopic (exact) mass is 415 g/mol. The van der Waals surface area contributed by atoms with Crippen molar-refractivity contribution < 1.29 is 14.3 Å². The minimum Gasteiger partial charge on any atom is -0.457 e. The smallest absolute Gasteiger partial charge is 0.189 e. The summed E-state index contributed by atoms with van der Waals surface area (Å²) in [6.07, 6.45) is 6.65. The van der Waals surface area contributed by atoms with Gasteiger partial charge in [0.2, 0.25) is 0 Å². The van der Waals surface area contributed by atoms with E-state index in [1.807, 2.05) is 0 Å². The zero-order valence-electron chi connectivity index (χ0n) is 14.5. The molecule has 1 unspecified atom stereocenters. The summed E-state index contributed by atoms with van der Waals surface area (Å²) < 4.78 is 7.17. The number of aromatic nitrogens is 3. The Kier molecular flexibility index (Phi) is 6.57. The van der Waals surface area contributed by atoms with Gasteiger partial charge in [-0.1, -0.05) is 29.3 Å². The number of carbonyl (C=O) groups excluding carboxylic acids is 2. The Labute approximate surface area is 171 Å². The van der Waals surface area contributed by atoms with E-state index in [9.17, 15) is 9.59 Å². The van der Waals surface area contributed by atoms with Crippen molar-refractivity contribution >= 4 is 35.3 Å². The third-order valence-electron chi connectivity index (χ3n) is 3.89. The van der Waals surface area contributed by atoms with Crippen molar-refractivity contribution in [1.29, 1.82) is 0 Å². The van der Waals surface area contributed by atoms with Crippen LogP contribution in [-0.4, -0.2) is 26.8 Å². The second-order valence-electron chi connectivity index (χ2n) is 5.75. The van der Waals surface area contributed by atoms with Crippen molar-refractivity contribution in [3.63, 3.8) is 0 Å². The van der Waals surface area contributed by atoms with Gasteiger partial charge in [0.05, 0.1) is 5.02 Å². The first kappa shape index (κ1) is 19.8. The number of Topliss-reactive ketones (excluding diaryl/α,β-unsaturated/α-hetero) is 1. The molecule has 0 fully saturated rings. The number of ether oxygens (including phenoxy) is 1. The molecular weight excluding hydrogens is 401 g/mol. The average Bonchev–Trinajstić information content (AvgIpc) is 3.21. The molecule has 0 aliphatic carbocycles. The van der Waals surface area contributed by atoms with Crippen molar-refractivity contribution in [1.82, 2.24) is 14.8 Å². The molecule has 0 aliphatic rings. The molecule has 3 rings (SSSR count). The molecule has 0 radical (unpaired) electrons. The highest BCUT2D eigenvalue weighted by atomic mass is 35.5. The first-order valence-corrected chi connectivity index (χ1v) is 9.05. The Hall–Kier alpha value is -2.96. The van der Waals surface area contributed by atoms with E-state index >= 15 is 0 Å². The van der Waals surface area contributed by atoms with Crippen LogP contribution in [0.25, 0.3) is 0 Å². The average molecular weight is 416 g/mol. The summed E-state index contributed by atoms with van der Waals surface area (Å²) in [5.41, 5.74) is 0.324. The molecule has 1 heterocycles. The number of aldehydes is 1. The summed E-state index contributed by atoms with van der Waals surface area (Å²) in [6.45, 7) is 0. The molecule has 0 amide bonds. The summed E-state index contributed by atoms with van der Waals surface area (Å²) in [5.74, 6) is 0.838. The SMILES string of the molecule is O=CC=CCC(C(=O)c1ccc(Oc2ccc(Cl)cc2)cc1Cl)n1cncn1. The van der Waals surface area contributed by atoms with E-state index < -0.39 is 6.04 Å². The van der Waals surface area contributed by atoms with Crippen LogP contribution in [0.15, 0.2) is 67.3 Å². The first-order chi connectivity index (χ1) is 13.6. The van der Waals surface area contributed by atoms with Crippen LogP contribution in [-0.2, 0) is 4.79 Å². The second-order valence-corrected chi connectivity index (χ2v) is 6.60. The van der Waals surface area contributed by atoms with Gasteiger partial charge in [0.15, 0.2) is 5.78 Å². The molecule has 0 spiro atoms. The number of ketones is 1. The summed E-state index contributed by atoms with van der Waals surface area (Å²) in [7, 11) is 0. The Bertz CT molecular complexity index is 986. The highest BCUT2D eigenvalue weighted by molar-refractivity contribution is 6.34. The lowest BCUT2D eigenvalue weighted by atomic mass is 10.0. The maximum Gasteiger partial charge on any atom is 0.189 e. The summed E-state index contributed by atoms with van der Waals surface area (Å²) >= 11 is 12.2. The Balaban J connectivity index is 1.82. The highest BCUT2D eigenvalue weighted by Crippen LogP contribution is 2.30. The second kappa shape index (κ2) is 9.30. The van der Waals surface area contributed by atoms with Gasteiger partial charge in [-0.25, -0.2) is 9.67 Å². The van der Waals surface area contributed by atoms with Gasteiger partial charge in [0, 0.05) is 16.7 Å². The van der Waals surface area contributed by atoms with Gasteiger partial charge in [-0.3, -0.25) is 9.59 Å². The zero-order chi connectivity index (χ0) is 19.9. The van der Waals surface area contributed by atoms with E-state index in [1.54, 1.807) is 48.5 Å². The van der Waals surface area contributed by atoms with Crippen molar-refractivity contribution in [2.45, 2.75) is 12.5 Å². The van der Waals surface area contributed by atoms with Crippen LogP contribution < -0.4 is 4.74 Å². The van der Waals surface area contributed by atoms with E-state index in [0.29, 0.717) is 28.4 Å². The van der Waals surface area contributed by atoms with Crippen LogP contribution in [0.3, 0.4) is 0 Å². The number of rotatable bonds is 8. The molecule has 2 aromatic carbocycles. The van der Waals surface area contributed by atoms with Crippen LogP contribution in [0, 0.1) is 0 Å². The molecule has 0 bridgehead atoms. The minimum absolute atomic E-state index is 0.246. The van der Waals surface area contributed by atoms with Crippen LogP contribution >= 0.6 is 23.2 Å². The largest absolute Gasteiger partial charge is 0.457 e. The van der Waals surface area contributed by atoms with Crippen LogP contribution in [0.5, 0.6) is 11.5 Å². The van der Waals surface area contributed by atoms with Crippen molar-refractivity contribution in [3.05, 3.63) is 82.9 Å². The van der Waals surface area contributed by atoms with Crippen molar-refractivity contribution in [2.75, 3.05) is 0 Å². The number of halogens is 2. The fourth-order valence-electron chi connectivity index (χ4n) is 2.55. The quantitative estimate of drug-likeness (QED) is 0.295. The molecular formula is C20H15Cl2N3O3. The fourth-order valence-corrected chi connectivity index (χ4v) is 2.94. The molecule has 0 aliphatic heterocycles. The number of nitrogens with zero attached hydrogens (tertiary/aromatic N) is 3. The normalized spacial score (nSPS) is 12.1. The Morgan fingerprint density at radius 2 is 1.89 bits per heavy atom. The predicted molar refractivity (Wildman–Crippen MR) is 106 cm³/mol. The lowest BCUT2D eigenvalue weighted by Gasteiger charge is -2.15. The van der Waals surface area contributed by atoms with E-state index in [1.165, 1.54) is 23.4 Å². The summed E-state index contributed by atoms with van der Waals surface area (Å²) in [5, 5.41) is 4.89. The minimum atomic E-state index is -0.667. The summed E-state index contributed by atoms with van der Waals surface area (Å²) in [4.78, 5) is 27.4. The lowest BCUT2D eigenvalue weighted by Crippen LogP contribution is -2.20. The number of carbonyl (C=O) groups is 2. The van der Waals surface area contributed by atoms with Crippen molar-refractivity contribution in [2.24, 2.45) is 0 Å². The van der Waals surface area contributed by atoms with E-state index in [4.69, 9.17) is 27.9 Å². The number of hydrogen-bond donors (Lipinski definition) is 0. The van der Waals surface area contributed by atoms with E-state index in [-0.39, 0.29) is 17.2 Å². The number of allylic oxidation sites excluding steroid dienone is 2. The van der Waals surface area contributed by atoms with Crippen LogP contribution in [0.1, 0.15) is 22.8 Å². The summed E-state index contributed by atoms with van der Waals surface area (Å²) in [6, 6.07) is 11.1. The van der Waals surface area contributed by atoms with Gasteiger partial charge in [-0.15, -0.1) is 0 Å². The molecule has 0 saturated carbocycles. The van der Waals surface area contributed by atoms with Crippen LogP contribution in [0.4, 0.5) is 0 Å². The maximum absolute atomic E-state index is 13.0. The van der Waals surface area contributed by atoms with Gasteiger partial charge < -0.3 is 4.74 Å². The number of benzene rings is 2. The Morgan fingerprint density at radius 3 is 2.54 bits per heavy atom. The molecule has 6 nitrogen and oxygen atoms in total. The third kappa shape index (κ3) is 4.85. The van der Waals surface area contributed by atoms with Gasteiger partial charge >= 0.3 is 0 Å². The molecule has 0 saturated heterocycles. The lowest BCUT2D eigenvalue weighted by molar-refractivity contribution is -0.104. The van der Waals surface area contributed by atoms with Gasteiger partial charge in [0.25, 0.3) is 0 Å². The molecule has 0 N–H and O–H groups in total. The maximum atomic E-state index is 13.0. The van der Waals surface area contributed by atoms with Gasteiger partial charge in [-0.05, 0) is 48.9 Å². The highest BCUT2D eigenvalue weighted by Gasteiger charge is 2.24. The zero-order valence-corrected chi connectivity index (χ0v) is 16.0. The van der Waals surface area contributed by atoms with E-state index in [0.717, 1.165) is 0 Å². The molecule has 28 heavy (non-hydrogen) atoms.